The summed E-state index contributed by atoms with van der Waals surface area (Å²) < 4.78 is 5.32. The van der Waals surface area contributed by atoms with E-state index in [1.165, 1.54) is 0 Å². The lowest BCUT2D eigenvalue weighted by Gasteiger charge is -2.09. The van der Waals surface area contributed by atoms with Crippen LogP contribution in [-0.2, 0) is 4.74 Å². The van der Waals surface area contributed by atoms with Gasteiger partial charge in [-0.25, -0.2) is 4.79 Å². The number of carbonyl (C=O) groups is 1. The molecule has 1 heterocycles. The number of thioether (sulfide) groups is 1. The summed E-state index contributed by atoms with van der Waals surface area (Å²) in [5.41, 5.74) is 0.711. The minimum Gasteiger partial charge on any atom is -0.448 e. The Morgan fingerprint density at radius 2 is 2.14 bits per heavy atom. The van der Waals surface area contributed by atoms with Gasteiger partial charge in [0.05, 0.1) is 5.56 Å². The number of esters is 1. The van der Waals surface area contributed by atoms with Crippen LogP contribution in [0.5, 0.6) is 0 Å². The zero-order valence-corrected chi connectivity index (χ0v) is 8.63. The van der Waals surface area contributed by atoms with E-state index >= 15 is 0 Å². The average molecular weight is 208 g/mol. The number of rotatable bonds is 2. The van der Waals surface area contributed by atoms with Gasteiger partial charge in [-0.3, -0.25) is 0 Å². The number of hydrogen-bond donors (Lipinski definition) is 0. The van der Waals surface area contributed by atoms with Crippen molar-refractivity contribution >= 4 is 17.7 Å². The molecule has 74 valence electrons. The molecule has 1 fully saturated rings. The van der Waals surface area contributed by atoms with Crippen LogP contribution in [-0.4, -0.2) is 17.2 Å². The molecule has 0 radical (unpaired) electrons. The third-order valence-corrected chi connectivity index (χ3v) is 3.36. The predicted octanol–water partition coefficient (Wildman–Crippen LogP) is 2.70. The van der Waals surface area contributed by atoms with Crippen LogP contribution in [0, 0.1) is 0 Å². The lowest BCUT2D eigenvalue weighted by atomic mass is 10.2. The van der Waals surface area contributed by atoms with Crippen molar-refractivity contribution in [3.63, 3.8) is 0 Å². The largest absolute Gasteiger partial charge is 0.448 e. The van der Waals surface area contributed by atoms with Gasteiger partial charge in [0, 0.05) is 0 Å². The summed E-state index contributed by atoms with van der Waals surface area (Å²) in [6.45, 7) is 0. The maximum Gasteiger partial charge on any atom is 0.339 e. The van der Waals surface area contributed by atoms with Crippen LogP contribution in [0.4, 0.5) is 0 Å². The first-order chi connectivity index (χ1) is 6.86. The second kappa shape index (κ2) is 4.51. The highest BCUT2D eigenvalue weighted by Gasteiger charge is 2.20. The van der Waals surface area contributed by atoms with Crippen LogP contribution < -0.4 is 0 Å². The molecule has 1 aliphatic rings. The lowest BCUT2D eigenvalue weighted by molar-refractivity contribution is 0.0457. The van der Waals surface area contributed by atoms with Crippen molar-refractivity contribution < 1.29 is 9.53 Å². The molecule has 1 aliphatic heterocycles. The molecular formula is C11H12O2S. The Balaban J connectivity index is 1.95. The van der Waals surface area contributed by atoms with Crippen molar-refractivity contribution in [2.24, 2.45) is 0 Å². The summed E-state index contributed by atoms with van der Waals surface area (Å²) in [5, 5.41) is 0. The SMILES string of the molecule is O=C(OC1CCCS1)c1ccccc1. The number of carbonyl (C=O) groups excluding carboxylic acids is 1. The quantitative estimate of drug-likeness (QED) is 0.699. The van der Waals surface area contributed by atoms with Gasteiger partial charge in [0.25, 0.3) is 0 Å². The van der Waals surface area contributed by atoms with E-state index in [4.69, 9.17) is 4.74 Å². The molecule has 0 saturated carbocycles. The van der Waals surface area contributed by atoms with E-state index in [-0.39, 0.29) is 11.4 Å². The van der Waals surface area contributed by atoms with E-state index in [1.807, 2.05) is 18.2 Å². The highest BCUT2D eigenvalue weighted by atomic mass is 32.2. The predicted molar refractivity (Wildman–Crippen MR) is 57.3 cm³/mol. The van der Waals surface area contributed by atoms with Crippen molar-refractivity contribution in [2.75, 3.05) is 5.75 Å². The van der Waals surface area contributed by atoms with E-state index in [0.29, 0.717) is 5.56 Å². The monoisotopic (exact) mass is 208 g/mol. The summed E-state index contributed by atoms with van der Waals surface area (Å²) in [6.07, 6.45) is 2.14. The molecule has 2 rings (SSSR count). The summed E-state index contributed by atoms with van der Waals surface area (Å²) >= 11 is 1.72. The molecule has 2 nitrogen and oxygen atoms in total. The highest BCUT2D eigenvalue weighted by Crippen LogP contribution is 2.27. The zero-order chi connectivity index (χ0) is 9.80. The van der Waals surface area contributed by atoms with Crippen LogP contribution in [0.25, 0.3) is 0 Å². The van der Waals surface area contributed by atoms with E-state index in [1.54, 1.807) is 23.9 Å². The maximum atomic E-state index is 11.6. The number of ether oxygens (including phenoxy) is 1. The Labute approximate surface area is 87.6 Å². The molecular weight excluding hydrogens is 196 g/mol. The van der Waals surface area contributed by atoms with Gasteiger partial charge in [-0.15, -0.1) is 11.8 Å². The molecule has 0 aliphatic carbocycles. The van der Waals surface area contributed by atoms with Gasteiger partial charge >= 0.3 is 5.97 Å². The molecule has 0 aromatic heterocycles. The summed E-state index contributed by atoms with van der Waals surface area (Å²) in [5.74, 6) is 0.900. The Hall–Kier alpha value is -0.960. The minimum absolute atomic E-state index is 0.0720. The molecule has 0 bridgehead atoms. The molecule has 1 aromatic carbocycles. The van der Waals surface area contributed by atoms with Gasteiger partial charge in [0.2, 0.25) is 0 Å². The summed E-state index contributed by atoms with van der Waals surface area (Å²) in [6, 6.07) is 9.14. The van der Waals surface area contributed by atoms with Crippen LogP contribution in [0.2, 0.25) is 0 Å². The molecule has 1 unspecified atom stereocenters. The van der Waals surface area contributed by atoms with Gasteiger partial charge in [-0.05, 0) is 30.7 Å². The van der Waals surface area contributed by atoms with E-state index in [2.05, 4.69) is 0 Å². The zero-order valence-electron chi connectivity index (χ0n) is 7.81. The molecule has 1 saturated heterocycles. The standard InChI is InChI=1S/C11H12O2S/c12-11(9-5-2-1-3-6-9)13-10-7-4-8-14-10/h1-3,5-6,10H,4,7-8H2. The summed E-state index contributed by atoms with van der Waals surface area (Å²) in [4.78, 5) is 11.6. The van der Waals surface area contributed by atoms with Crippen molar-refractivity contribution in [1.82, 2.24) is 0 Å². The minimum atomic E-state index is -0.204. The van der Waals surface area contributed by atoms with Crippen molar-refractivity contribution in [1.29, 1.82) is 0 Å². The van der Waals surface area contributed by atoms with Gasteiger partial charge in [0.1, 0.15) is 5.44 Å². The second-order valence-corrected chi connectivity index (χ2v) is 4.48. The van der Waals surface area contributed by atoms with Crippen molar-refractivity contribution in [2.45, 2.75) is 18.3 Å². The third kappa shape index (κ3) is 2.29. The number of benzene rings is 1. The van der Waals surface area contributed by atoms with E-state index < -0.39 is 0 Å². The van der Waals surface area contributed by atoms with Crippen molar-refractivity contribution in [3.05, 3.63) is 35.9 Å². The first kappa shape index (κ1) is 9.59. The second-order valence-electron chi connectivity index (χ2n) is 3.21. The fourth-order valence-electron chi connectivity index (χ4n) is 1.40. The lowest BCUT2D eigenvalue weighted by Crippen LogP contribution is -2.12. The molecule has 0 spiro atoms. The van der Waals surface area contributed by atoms with Gasteiger partial charge in [-0.2, -0.15) is 0 Å². The first-order valence-electron chi connectivity index (χ1n) is 4.74. The van der Waals surface area contributed by atoms with E-state index in [0.717, 1.165) is 18.6 Å². The molecule has 0 amide bonds. The van der Waals surface area contributed by atoms with E-state index in [9.17, 15) is 4.79 Å². The normalized spacial score (nSPS) is 20.7. The molecule has 14 heavy (non-hydrogen) atoms. The van der Waals surface area contributed by atoms with Gasteiger partial charge in [-0.1, -0.05) is 18.2 Å². The van der Waals surface area contributed by atoms with Crippen molar-refractivity contribution in [3.8, 4) is 0 Å². The molecule has 3 heteroatoms. The Kier molecular flexibility index (Phi) is 3.09. The highest BCUT2D eigenvalue weighted by molar-refractivity contribution is 8.00. The van der Waals surface area contributed by atoms with Crippen LogP contribution >= 0.6 is 11.8 Å². The van der Waals surface area contributed by atoms with Crippen LogP contribution in [0.3, 0.4) is 0 Å². The average Bonchev–Trinajstić information content (AvgIpc) is 2.72. The maximum absolute atomic E-state index is 11.6. The van der Waals surface area contributed by atoms with Gasteiger partial charge < -0.3 is 4.74 Å². The summed E-state index contributed by atoms with van der Waals surface area (Å²) in [7, 11) is 0. The fraction of sp³-hybridized carbons (Fsp3) is 0.364. The molecule has 0 N–H and O–H groups in total. The Morgan fingerprint density at radius 3 is 2.79 bits per heavy atom. The Bertz CT molecular complexity index is 304. The van der Waals surface area contributed by atoms with Crippen LogP contribution in [0.15, 0.2) is 30.3 Å². The Morgan fingerprint density at radius 1 is 1.36 bits per heavy atom. The van der Waals surface area contributed by atoms with Crippen LogP contribution in [0.1, 0.15) is 23.2 Å². The molecule has 1 aromatic rings. The topological polar surface area (TPSA) is 26.3 Å². The van der Waals surface area contributed by atoms with Gasteiger partial charge in [0.15, 0.2) is 0 Å². The number of hydrogen-bond acceptors (Lipinski definition) is 3. The third-order valence-electron chi connectivity index (χ3n) is 2.14. The smallest absolute Gasteiger partial charge is 0.339 e. The fourth-order valence-corrected chi connectivity index (χ4v) is 2.49. The molecule has 1 atom stereocenters. The first-order valence-corrected chi connectivity index (χ1v) is 5.79.